The van der Waals surface area contributed by atoms with Crippen LogP contribution in [-0.4, -0.2) is 29.5 Å². The van der Waals surface area contributed by atoms with E-state index in [1.54, 1.807) is 0 Å². The van der Waals surface area contributed by atoms with Crippen molar-refractivity contribution in [3.05, 3.63) is 0 Å². The highest BCUT2D eigenvalue weighted by atomic mass is 35.5. The highest BCUT2D eigenvalue weighted by Crippen LogP contribution is 2.32. The molecule has 0 aliphatic heterocycles. The quantitative estimate of drug-likeness (QED) is 0.747. The lowest BCUT2D eigenvalue weighted by molar-refractivity contribution is -0.125. The first-order valence-electron chi connectivity index (χ1n) is 6.41. The molecule has 0 aromatic rings. The minimum absolute atomic E-state index is 0.0796. The van der Waals surface area contributed by atoms with E-state index in [-0.39, 0.29) is 16.8 Å². The Bertz CT molecular complexity index is 260. The Morgan fingerprint density at radius 1 is 1.53 bits per heavy atom. The number of hydrogen-bond acceptors (Lipinski definition) is 2. The molecular weight excluding hydrogens is 238 g/mol. The lowest BCUT2D eigenvalue weighted by Gasteiger charge is -2.36. The molecule has 100 valence electrons. The Morgan fingerprint density at radius 2 is 2.12 bits per heavy atom. The van der Waals surface area contributed by atoms with Crippen molar-refractivity contribution in [1.29, 1.82) is 0 Å². The summed E-state index contributed by atoms with van der Waals surface area (Å²) >= 11 is 6.03. The second kappa shape index (κ2) is 6.05. The highest BCUT2D eigenvalue weighted by Gasteiger charge is 2.33. The number of rotatable bonds is 6. The molecule has 1 atom stereocenters. The summed E-state index contributed by atoms with van der Waals surface area (Å²) in [7, 11) is 0. The Kier molecular flexibility index (Phi) is 5.26. The van der Waals surface area contributed by atoms with E-state index in [1.807, 2.05) is 27.7 Å². The average molecular weight is 262 g/mol. The number of carbonyl (C=O) groups is 1. The van der Waals surface area contributed by atoms with Gasteiger partial charge in [0.1, 0.15) is 0 Å². The van der Waals surface area contributed by atoms with Gasteiger partial charge in [-0.15, -0.1) is 11.6 Å². The maximum atomic E-state index is 11.8. The molecule has 1 amide bonds. The van der Waals surface area contributed by atoms with Gasteiger partial charge in [-0.05, 0) is 46.5 Å². The molecule has 17 heavy (non-hydrogen) atoms. The summed E-state index contributed by atoms with van der Waals surface area (Å²) in [5.74, 6) is 0.579. The van der Waals surface area contributed by atoms with Crippen molar-refractivity contribution in [3.63, 3.8) is 0 Å². The molecule has 0 aromatic heterocycles. The van der Waals surface area contributed by atoms with Gasteiger partial charge in [0.25, 0.3) is 0 Å². The maximum Gasteiger partial charge on any atom is 0.220 e. The molecule has 1 aliphatic rings. The van der Waals surface area contributed by atoms with E-state index in [0.29, 0.717) is 18.4 Å². The zero-order valence-electron chi connectivity index (χ0n) is 11.3. The van der Waals surface area contributed by atoms with Gasteiger partial charge in [-0.3, -0.25) is 4.79 Å². The third kappa shape index (κ3) is 4.47. The third-order valence-electron chi connectivity index (χ3n) is 3.52. The maximum absolute atomic E-state index is 11.8. The van der Waals surface area contributed by atoms with E-state index in [1.165, 1.54) is 0 Å². The van der Waals surface area contributed by atoms with Crippen molar-refractivity contribution in [3.8, 4) is 0 Å². The van der Waals surface area contributed by atoms with Crippen molar-refractivity contribution in [2.24, 2.45) is 5.92 Å². The SMILES string of the molecule is CCOC1CC(CC(=O)NC(C)(C)C(C)Cl)C1. The summed E-state index contributed by atoms with van der Waals surface area (Å²) in [6.45, 7) is 8.57. The molecule has 0 aromatic carbocycles. The molecule has 1 saturated carbocycles. The molecule has 1 N–H and O–H groups in total. The number of nitrogens with one attached hydrogen (secondary N) is 1. The smallest absolute Gasteiger partial charge is 0.220 e. The number of ether oxygens (including phenoxy) is 1. The van der Waals surface area contributed by atoms with Crippen LogP contribution in [0, 0.1) is 5.92 Å². The number of carbonyl (C=O) groups excluding carboxylic acids is 1. The summed E-state index contributed by atoms with van der Waals surface area (Å²) in [5, 5.41) is 2.91. The van der Waals surface area contributed by atoms with Crippen molar-refractivity contribution in [2.45, 2.75) is 64.0 Å². The fourth-order valence-corrected chi connectivity index (χ4v) is 2.04. The number of hydrogen-bond donors (Lipinski definition) is 1. The van der Waals surface area contributed by atoms with Crippen molar-refractivity contribution in [1.82, 2.24) is 5.32 Å². The minimum Gasteiger partial charge on any atom is -0.378 e. The largest absolute Gasteiger partial charge is 0.378 e. The summed E-state index contributed by atoms with van der Waals surface area (Å²) < 4.78 is 5.48. The first-order chi connectivity index (χ1) is 7.85. The van der Waals surface area contributed by atoms with Crippen molar-refractivity contribution in [2.75, 3.05) is 6.61 Å². The molecule has 4 heteroatoms. The number of amides is 1. The fraction of sp³-hybridized carbons (Fsp3) is 0.923. The molecule has 0 bridgehead atoms. The molecule has 0 spiro atoms. The standard InChI is InChI=1S/C13H24ClNO2/c1-5-17-11-6-10(7-11)8-12(16)15-13(3,4)9(2)14/h9-11H,5-8H2,1-4H3,(H,15,16). The number of alkyl halides is 1. The van der Waals surface area contributed by atoms with Crippen LogP contribution in [0.1, 0.15) is 47.0 Å². The lowest BCUT2D eigenvalue weighted by Crippen LogP contribution is -2.50. The lowest BCUT2D eigenvalue weighted by atomic mass is 9.79. The molecule has 1 aliphatic carbocycles. The first kappa shape index (κ1) is 14.8. The molecule has 0 heterocycles. The Labute approximate surface area is 109 Å². The monoisotopic (exact) mass is 261 g/mol. The summed E-state index contributed by atoms with van der Waals surface area (Å²) in [4.78, 5) is 11.8. The van der Waals surface area contributed by atoms with Gasteiger partial charge < -0.3 is 10.1 Å². The average Bonchev–Trinajstić information content (AvgIpc) is 2.13. The third-order valence-corrected chi connectivity index (χ3v) is 4.07. The predicted molar refractivity (Wildman–Crippen MR) is 70.3 cm³/mol. The molecule has 1 rings (SSSR count). The zero-order valence-corrected chi connectivity index (χ0v) is 12.0. The van der Waals surface area contributed by atoms with Gasteiger partial charge in [0, 0.05) is 13.0 Å². The van der Waals surface area contributed by atoms with Crippen LogP contribution in [0.25, 0.3) is 0 Å². The van der Waals surface area contributed by atoms with Gasteiger partial charge in [-0.1, -0.05) is 0 Å². The van der Waals surface area contributed by atoms with E-state index >= 15 is 0 Å². The molecule has 0 saturated heterocycles. The van der Waals surface area contributed by atoms with Crippen LogP contribution in [0.3, 0.4) is 0 Å². The number of halogens is 1. The van der Waals surface area contributed by atoms with Crippen molar-refractivity contribution >= 4 is 17.5 Å². The van der Waals surface area contributed by atoms with Crippen LogP contribution in [0.15, 0.2) is 0 Å². The second-order valence-corrected chi connectivity index (χ2v) is 6.16. The van der Waals surface area contributed by atoms with E-state index in [0.717, 1.165) is 19.4 Å². The summed E-state index contributed by atoms with van der Waals surface area (Å²) in [6.07, 6.45) is 2.99. The van der Waals surface area contributed by atoms with Crippen LogP contribution < -0.4 is 5.32 Å². The Hall–Kier alpha value is -0.280. The topological polar surface area (TPSA) is 38.3 Å². The van der Waals surface area contributed by atoms with Crippen LogP contribution in [0.4, 0.5) is 0 Å². The van der Waals surface area contributed by atoms with E-state index in [9.17, 15) is 4.79 Å². The molecule has 1 unspecified atom stereocenters. The van der Waals surface area contributed by atoms with Gasteiger partial charge in [0.2, 0.25) is 5.91 Å². The van der Waals surface area contributed by atoms with Gasteiger partial charge in [-0.25, -0.2) is 0 Å². The molecule has 0 radical (unpaired) electrons. The van der Waals surface area contributed by atoms with Gasteiger partial charge in [0.05, 0.1) is 17.0 Å². The molecule has 3 nitrogen and oxygen atoms in total. The first-order valence-corrected chi connectivity index (χ1v) is 6.85. The van der Waals surface area contributed by atoms with Crippen LogP contribution in [0.2, 0.25) is 0 Å². The molecular formula is C13H24ClNO2. The highest BCUT2D eigenvalue weighted by molar-refractivity contribution is 6.21. The van der Waals surface area contributed by atoms with Gasteiger partial charge >= 0.3 is 0 Å². The summed E-state index contributed by atoms with van der Waals surface area (Å²) in [6, 6.07) is 0. The minimum atomic E-state index is -0.346. The molecule has 1 fully saturated rings. The zero-order chi connectivity index (χ0) is 13.1. The van der Waals surface area contributed by atoms with E-state index < -0.39 is 0 Å². The Morgan fingerprint density at radius 3 is 2.59 bits per heavy atom. The van der Waals surface area contributed by atoms with Gasteiger partial charge in [-0.2, -0.15) is 0 Å². The van der Waals surface area contributed by atoms with Crippen LogP contribution in [0.5, 0.6) is 0 Å². The predicted octanol–water partition coefficient (Wildman–Crippen LogP) is 2.71. The van der Waals surface area contributed by atoms with Crippen LogP contribution >= 0.6 is 11.6 Å². The van der Waals surface area contributed by atoms with Crippen LogP contribution in [-0.2, 0) is 9.53 Å². The van der Waals surface area contributed by atoms with E-state index in [4.69, 9.17) is 16.3 Å². The van der Waals surface area contributed by atoms with Gasteiger partial charge in [0.15, 0.2) is 0 Å². The fourth-order valence-electron chi connectivity index (χ4n) is 1.98. The second-order valence-electron chi connectivity index (χ2n) is 5.50. The summed E-state index contributed by atoms with van der Waals surface area (Å²) in [5.41, 5.74) is -0.346. The normalized spacial score (nSPS) is 26.2. The van der Waals surface area contributed by atoms with Crippen molar-refractivity contribution < 1.29 is 9.53 Å². The van der Waals surface area contributed by atoms with E-state index in [2.05, 4.69) is 5.32 Å². The Balaban J connectivity index is 2.23.